The molecule has 1 aliphatic carbocycles. The Morgan fingerprint density at radius 2 is 1.84 bits per heavy atom. The van der Waals surface area contributed by atoms with Gasteiger partial charge in [-0.25, -0.2) is 0 Å². The summed E-state index contributed by atoms with van der Waals surface area (Å²) in [5, 5.41) is 12.5. The van der Waals surface area contributed by atoms with Crippen LogP contribution in [0.15, 0.2) is 27.8 Å². The van der Waals surface area contributed by atoms with Crippen molar-refractivity contribution in [2.75, 3.05) is 10.2 Å². The van der Waals surface area contributed by atoms with Crippen molar-refractivity contribution in [2.24, 2.45) is 11.3 Å². The standard InChI is InChI=1S/C26H33N3O3/c1-6-18-14-17(15-27)12-13-20(18)29(25(32)19-10-8-7-9-11-19)22-21(23(30)24(22)31)28-16(2)26(3,4)5/h12-14,16,19,28H,6-11H2,1-5H3/t16-/m1/s1. The van der Waals surface area contributed by atoms with Crippen LogP contribution in [0.1, 0.15) is 77.8 Å². The van der Waals surface area contributed by atoms with E-state index < -0.39 is 10.9 Å². The van der Waals surface area contributed by atoms with E-state index >= 15 is 0 Å². The maximum atomic E-state index is 13.8. The lowest BCUT2D eigenvalue weighted by molar-refractivity contribution is -0.122. The van der Waals surface area contributed by atoms with E-state index in [-0.39, 0.29) is 34.7 Å². The van der Waals surface area contributed by atoms with Gasteiger partial charge in [-0.05, 0) is 55.4 Å². The number of carbonyl (C=O) groups excluding carboxylic acids is 1. The average Bonchev–Trinajstić information content (AvgIpc) is 2.80. The summed E-state index contributed by atoms with van der Waals surface area (Å²) in [7, 11) is 0. The predicted octanol–water partition coefficient (Wildman–Crippen LogP) is 4.81. The van der Waals surface area contributed by atoms with Crippen molar-refractivity contribution in [2.45, 2.75) is 79.2 Å². The molecule has 1 saturated carbocycles. The molecule has 2 aromatic rings. The maximum Gasteiger partial charge on any atom is 0.254 e. The van der Waals surface area contributed by atoms with Gasteiger partial charge in [-0.15, -0.1) is 0 Å². The summed E-state index contributed by atoms with van der Waals surface area (Å²) in [5.41, 5.74) is 0.887. The van der Waals surface area contributed by atoms with E-state index in [1.807, 2.05) is 13.8 Å². The second-order valence-corrected chi connectivity index (χ2v) is 9.93. The topological polar surface area (TPSA) is 90.3 Å². The molecule has 170 valence electrons. The van der Waals surface area contributed by atoms with Crippen molar-refractivity contribution >= 4 is 23.0 Å². The first kappa shape index (κ1) is 23.7. The molecule has 2 aromatic carbocycles. The highest BCUT2D eigenvalue weighted by molar-refractivity contribution is 6.06. The minimum absolute atomic E-state index is 0.0807. The summed E-state index contributed by atoms with van der Waals surface area (Å²) in [6, 6.07) is 7.20. The number of anilines is 3. The van der Waals surface area contributed by atoms with Gasteiger partial charge >= 0.3 is 0 Å². The van der Waals surface area contributed by atoms with E-state index in [4.69, 9.17) is 0 Å². The Balaban J connectivity index is 2.14. The first-order valence-electron chi connectivity index (χ1n) is 11.6. The molecule has 1 aliphatic rings. The Hall–Kier alpha value is -2.94. The third kappa shape index (κ3) is 4.48. The molecule has 1 amide bonds. The highest BCUT2D eigenvalue weighted by Crippen LogP contribution is 2.37. The van der Waals surface area contributed by atoms with E-state index in [0.29, 0.717) is 17.7 Å². The number of nitrogens with zero attached hydrogens (tertiary/aromatic N) is 2. The van der Waals surface area contributed by atoms with E-state index in [9.17, 15) is 19.6 Å². The van der Waals surface area contributed by atoms with Crippen LogP contribution in [-0.4, -0.2) is 11.9 Å². The first-order valence-corrected chi connectivity index (χ1v) is 11.6. The molecule has 0 radical (unpaired) electrons. The molecule has 32 heavy (non-hydrogen) atoms. The van der Waals surface area contributed by atoms with Gasteiger partial charge in [-0.2, -0.15) is 5.26 Å². The molecule has 1 fully saturated rings. The Kier molecular flexibility index (Phi) is 6.88. The minimum Gasteiger partial charge on any atom is -0.377 e. The number of rotatable bonds is 6. The molecule has 0 saturated heterocycles. The van der Waals surface area contributed by atoms with Gasteiger partial charge in [0.2, 0.25) is 5.91 Å². The summed E-state index contributed by atoms with van der Waals surface area (Å²) in [4.78, 5) is 40.6. The largest absolute Gasteiger partial charge is 0.377 e. The Bertz CT molecular complexity index is 1110. The zero-order chi connectivity index (χ0) is 23.6. The summed E-state index contributed by atoms with van der Waals surface area (Å²) in [6.07, 6.45) is 5.23. The second kappa shape index (κ2) is 9.28. The molecule has 0 aliphatic heterocycles. The van der Waals surface area contributed by atoms with Gasteiger partial charge in [0.1, 0.15) is 11.4 Å². The van der Waals surface area contributed by atoms with E-state index in [2.05, 4.69) is 32.2 Å². The number of carbonyl (C=O) groups is 1. The maximum absolute atomic E-state index is 13.8. The molecule has 3 rings (SSSR count). The van der Waals surface area contributed by atoms with Gasteiger partial charge in [-0.1, -0.05) is 47.0 Å². The highest BCUT2D eigenvalue weighted by Gasteiger charge is 2.37. The van der Waals surface area contributed by atoms with Crippen molar-refractivity contribution in [1.82, 2.24) is 0 Å². The van der Waals surface area contributed by atoms with Gasteiger partial charge in [0.15, 0.2) is 0 Å². The molecule has 6 nitrogen and oxygen atoms in total. The molecule has 0 aromatic heterocycles. The zero-order valence-electron chi connectivity index (χ0n) is 19.7. The average molecular weight is 436 g/mol. The molecule has 1 N–H and O–H groups in total. The summed E-state index contributed by atoms with van der Waals surface area (Å²) in [5.74, 6) is -0.316. The Morgan fingerprint density at radius 3 is 2.41 bits per heavy atom. The van der Waals surface area contributed by atoms with Crippen LogP contribution >= 0.6 is 0 Å². The molecule has 0 heterocycles. The second-order valence-electron chi connectivity index (χ2n) is 9.93. The highest BCUT2D eigenvalue weighted by atomic mass is 16.2. The van der Waals surface area contributed by atoms with Crippen LogP contribution < -0.4 is 21.1 Å². The van der Waals surface area contributed by atoms with Crippen LogP contribution in [0.3, 0.4) is 0 Å². The van der Waals surface area contributed by atoms with E-state index in [0.717, 1.165) is 37.7 Å². The number of hydrogen-bond donors (Lipinski definition) is 1. The fraction of sp³-hybridized carbons (Fsp3) is 0.538. The smallest absolute Gasteiger partial charge is 0.254 e. The van der Waals surface area contributed by atoms with Crippen LogP contribution in [0.5, 0.6) is 0 Å². The number of nitriles is 1. The summed E-state index contributed by atoms with van der Waals surface area (Å²) >= 11 is 0. The fourth-order valence-corrected chi connectivity index (χ4v) is 4.20. The van der Waals surface area contributed by atoms with Crippen molar-refractivity contribution < 1.29 is 4.79 Å². The molecule has 6 heteroatoms. The lowest BCUT2D eigenvalue weighted by atomic mass is 9.87. The number of hydrogen-bond acceptors (Lipinski definition) is 5. The molecular weight excluding hydrogens is 402 g/mol. The molecule has 0 spiro atoms. The van der Waals surface area contributed by atoms with Crippen LogP contribution in [-0.2, 0) is 11.2 Å². The molecule has 0 bridgehead atoms. The van der Waals surface area contributed by atoms with Crippen LogP contribution in [0.25, 0.3) is 0 Å². The predicted molar refractivity (Wildman–Crippen MR) is 128 cm³/mol. The van der Waals surface area contributed by atoms with Gasteiger partial charge in [0.25, 0.3) is 10.9 Å². The molecule has 0 unspecified atom stereocenters. The normalized spacial score (nSPS) is 15.9. The monoisotopic (exact) mass is 435 g/mol. The zero-order valence-corrected chi connectivity index (χ0v) is 19.7. The van der Waals surface area contributed by atoms with Gasteiger partial charge < -0.3 is 5.32 Å². The van der Waals surface area contributed by atoms with E-state index in [1.165, 1.54) is 4.90 Å². The Morgan fingerprint density at radius 1 is 1.19 bits per heavy atom. The Labute approximate surface area is 189 Å². The van der Waals surface area contributed by atoms with Crippen LogP contribution in [0.2, 0.25) is 0 Å². The van der Waals surface area contributed by atoms with Gasteiger partial charge in [-0.3, -0.25) is 19.3 Å². The number of aryl methyl sites for hydroxylation is 1. The molecule has 1 atom stereocenters. The van der Waals surface area contributed by atoms with Crippen molar-refractivity contribution in [3.05, 3.63) is 49.8 Å². The summed E-state index contributed by atoms with van der Waals surface area (Å²) < 4.78 is 0. The first-order chi connectivity index (χ1) is 15.1. The van der Waals surface area contributed by atoms with Crippen molar-refractivity contribution in [1.29, 1.82) is 5.26 Å². The number of amides is 1. The van der Waals surface area contributed by atoms with Crippen LogP contribution in [0.4, 0.5) is 17.1 Å². The van der Waals surface area contributed by atoms with Gasteiger partial charge in [0, 0.05) is 12.0 Å². The molecular formula is C26H33N3O3. The third-order valence-electron chi connectivity index (χ3n) is 6.77. The number of benzene rings is 1. The number of nitrogens with one attached hydrogen (secondary N) is 1. The third-order valence-corrected chi connectivity index (χ3v) is 6.77. The van der Waals surface area contributed by atoms with Crippen molar-refractivity contribution in [3.8, 4) is 6.07 Å². The van der Waals surface area contributed by atoms with E-state index in [1.54, 1.807) is 18.2 Å². The van der Waals surface area contributed by atoms with Crippen LogP contribution in [0, 0.1) is 22.7 Å². The van der Waals surface area contributed by atoms with Crippen molar-refractivity contribution in [3.63, 3.8) is 0 Å². The quantitative estimate of drug-likeness (QED) is 0.658. The minimum atomic E-state index is -0.635. The lowest BCUT2D eigenvalue weighted by Gasteiger charge is -2.34. The SMILES string of the molecule is CCc1cc(C#N)ccc1N(C(=O)C1CCCCC1)c1c(N[C@H](C)C(C)(C)C)c(=O)c1=O. The lowest BCUT2D eigenvalue weighted by Crippen LogP contribution is -2.47. The fourth-order valence-electron chi connectivity index (χ4n) is 4.20. The van der Waals surface area contributed by atoms with Gasteiger partial charge in [0.05, 0.1) is 17.3 Å². The summed E-state index contributed by atoms with van der Waals surface area (Å²) in [6.45, 7) is 10.1.